The van der Waals surface area contributed by atoms with E-state index in [9.17, 15) is 4.79 Å². The van der Waals surface area contributed by atoms with Crippen LogP contribution in [0.4, 0.5) is 5.69 Å². The van der Waals surface area contributed by atoms with Crippen molar-refractivity contribution in [2.24, 2.45) is 0 Å². The van der Waals surface area contributed by atoms with Crippen LogP contribution in [-0.2, 0) is 17.9 Å². The van der Waals surface area contributed by atoms with Crippen LogP contribution in [0.2, 0.25) is 0 Å². The Balaban J connectivity index is 1.91. The van der Waals surface area contributed by atoms with Gasteiger partial charge in [0.05, 0.1) is 11.9 Å². The Morgan fingerprint density at radius 3 is 3.00 bits per heavy atom. The number of rotatable bonds is 5. The molecule has 5 nitrogen and oxygen atoms in total. The molecule has 0 saturated heterocycles. The van der Waals surface area contributed by atoms with Gasteiger partial charge in [0.25, 0.3) is 0 Å². The Bertz CT molecular complexity index is 559. The minimum absolute atomic E-state index is 0.0625. The van der Waals surface area contributed by atoms with Crippen LogP contribution in [0.3, 0.4) is 0 Å². The fourth-order valence-electron chi connectivity index (χ4n) is 1.56. The van der Waals surface area contributed by atoms with Gasteiger partial charge in [0, 0.05) is 34.0 Å². The van der Waals surface area contributed by atoms with Gasteiger partial charge < -0.3 is 10.6 Å². The number of hydrogen-bond acceptors (Lipinski definition) is 4. The number of thiophene rings is 1. The van der Waals surface area contributed by atoms with Gasteiger partial charge in [0.2, 0.25) is 5.91 Å². The molecule has 2 aromatic rings. The van der Waals surface area contributed by atoms with Crippen molar-refractivity contribution >= 4 is 38.9 Å². The van der Waals surface area contributed by atoms with Crippen molar-refractivity contribution in [2.45, 2.75) is 20.0 Å². The molecule has 0 radical (unpaired) electrons. The molecule has 0 saturated carbocycles. The highest BCUT2D eigenvalue weighted by atomic mass is 79.9. The first-order valence-electron chi connectivity index (χ1n) is 5.80. The summed E-state index contributed by atoms with van der Waals surface area (Å²) in [6.07, 6.45) is 3.54. The number of anilines is 1. The van der Waals surface area contributed by atoms with Gasteiger partial charge in [-0.3, -0.25) is 9.48 Å². The number of nitrogens with zero attached hydrogens (tertiary/aromatic N) is 2. The molecular weight excluding hydrogens is 328 g/mol. The van der Waals surface area contributed by atoms with Crippen molar-refractivity contribution in [3.05, 3.63) is 32.7 Å². The van der Waals surface area contributed by atoms with Crippen molar-refractivity contribution in [3.63, 3.8) is 0 Å². The van der Waals surface area contributed by atoms with Crippen LogP contribution >= 0.6 is 27.3 Å². The number of amides is 1. The predicted molar refractivity (Wildman–Crippen MR) is 80.4 cm³/mol. The van der Waals surface area contributed by atoms with Gasteiger partial charge in [0.1, 0.15) is 6.54 Å². The van der Waals surface area contributed by atoms with Crippen LogP contribution in [0, 0.1) is 6.92 Å². The van der Waals surface area contributed by atoms with Crippen molar-refractivity contribution in [1.29, 1.82) is 0 Å². The molecule has 102 valence electrons. The number of carbonyl (C=O) groups excluding carboxylic acids is 1. The highest BCUT2D eigenvalue weighted by Gasteiger charge is 2.05. The van der Waals surface area contributed by atoms with E-state index in [0.717, 1.165) is 16.7 Å². The van der Waals surface area contributed by atoms with Gasteiger partial charge in [-0.25, -0.2) is 0 Å². The Morgan fingerprint density at radius 1 is 1.58 bits per heavy atom. The molecule has 7 heteroatoms. The lowest BCUT2D eigenvalue weighted by molar-refractivity contribution is -0.121. The van der Waals surface area contributed by atoms with E-state index in [1.807, 2.05) is 6.20 Å². The van der Waals surface area contributed by atoms with Crippen molar-refractivity contribution in [2.75, 3.05) is 12.4 Å². The quantitative estimate of drug-likeness (QED) is 0.876. The maximum atomic E-state index is 11.2. The SMILES string of the molecule is CNC(=O)Cn1cc(NCc2cc(Br)c(C)s2)cn1. The average Bonchev–Trinajstić information content (AvgIpc) is 2.95. The molecule has 0 spiro atoms. The molecule has 0 atom stereocenters. The maximum Gasteiger partial charge on any atom is 0.241 e. The van der Waals surface area contributed by atoms with E-state index in [1.54, 1.807) is 29.3 Å². The smallest absolute Gasteiger partial charge is 0.241 e. The van der Waals surface area contributed by atoms with Crippen LogP contribution in [-0.4, -0.2) is 22.7 Å². The molecule has 0 aliphatic rings. The molecule has 0 aliphatic heterocycles. The molecule has 0 unspecified atom stereocenters. The Labute approximate surface area is 124 Å². The van der Waals surface area contributed by atoms with E-state index in [2.05, 4.69) is 44.7 Å². The summed E-state index contributed by atoms with van der Waals surface area (Å²) in [5.74, 6) is -0.0625. The molecule has 1 amide bonds. The molecule has 19 heavy (non-hydrogen) atoms. The summed E-state index contributed by atoms with van der Waals surface area (Å²) >= 11 is 5.26. The fourth-order valence-corrected chi connectivity index (χ4v) is 3.10. The van der Waals surface area contributed by atoms with Crippen molar-refractivity contribution in [1.82, 2.24) is 15.1 Å². The summed E-state index contributed by atoms with van der Waals surface area (Å²) in [6.45, 7) is 3.07. The third-order valence-electron chi connectivity index (χ3n) is 2.59. The van der Waals surface area contributed by atoms with Gasteiger partial charge >= 0.3 is 0 Å². The summed E-state index contributed by atoms with van der Waals surface area (Å²) in [4.78, 5) is 13.7. The lowest BCUT2D eigenvalue weighted by Crippen LogP contribution is -2.23. The second-order valence-corrected chi connectivity index (χ2v) is 6.27. The van der Waals surface area contributed by atoms with Gasteiger partial charge in [-0.2, -0.15) is 5.10 Å². The maximum absolute atomic E-state index is 11.2. The lowest BCUT2D eigenvalue weighted by Gasteiger charge is -2.01. The highest BCUT2D eigenvalue weighted by Crippen LogP contribution is 2.26. The number of aromatic nitrogens is 2. The number of likely N-dealkylation sites (N-methyl/N-ethyl adjacent to an activating group) is 1. The zero-order chi connectivity index (χ0) is 13.8. The standard InChI is InChI=1S/C12H15BrN4OS/c1-8-11(13)3-10(19-8)5-15-9-4-16-17(6-9)7-12(18)14-2/h3-4,6,15H,5,7H2,1-2H3,(H,14,18). The summed E-state index contributed by atoms with van der Waals surface area (Å²) in [7, 11) is 1.61. The van der Waals surface area contributed by atoms with E-state index in [-0.39, 0.29) is 12.5 Å². The normalized spacial score (nSPS) is 10.5. The van der Waals surface area contributed by atoms with Crippen molar-refractivity contribution < 1.29 is 4.79 Å². The van der Waals surface area contributed by atoms with Gasteiger partial charge in [-0.05, 0) is 28.9 Å². The number of carbonyl (C=O) groups is 1. The largest absolute Gasteiger partial charge is 0.378 e. The van der Waals surface area contributed by atoms with Crippen molar-refractivity contribution in [3.8, 4) is 0 Å². The Kier molecular flexibility index (Phi) is 4.60. The monoisotopic (exact) mass is 342 g/mol. The third-order valence-corrected chi connectivity index (χ3v) is 4.73. The molecule has 2 aromatic heterocycles. The molecule has 0 bridgehead atoms. The summed E-state index contributed by atoms with van der Waals surface area (Å²) in [6, 6.07) is 2.11. The second kappa shape index (κ2) is 6.21. The van der Waals surface area contributed by atoms with Crippen LogP contribution in [0.15, 0.2) is 22.9 Å². The van der Waals surface area contributed by atoms with Gasteiger partial charge in [-0.1, -0.05) is 0 Å². The molecular formula is C12H15BrN4OS. The Hall–Kier alpha value is -1.34. The third kappa shape index (κ3) is 3.81. The van der Waals surface area contributed by atoms with Crippen LogP contribution in [0.5, 0.6) is 0 Å². The zero-order valence-corrected chi connectivity index (χ0v) is 13.1. The molecule has 2 N–H and O–H groups in total. The predicted octanol–water partition coefficient (Wildman–Crippen LogP) is 2.37. The van der Waals surface area contributed by atoms with E-state index < -0.39 is 0 Å². The molecule has 2 heterocycles. The van der Waals surface area contributed by atoms with Crippen LogP contribution < -0.4 is 10.6 Å². The van der Waals surface area contributed by atoms with Gasteiger partial charge in [0.15, 0.2) is 0 Å². The first-order valence-corrected chi connectivity index (χ1v) is 7.41. The minimum atomic E-state index is -0.0625. The molecule has 2 rings (SSSR count). The first kappa shape index (κ1) is 14.1. The second-order valence-electron chi connectivity index (χ2n) is 4.07. The Morgan fingerprint density at radius 2 is 2.37 bits per heavy atom. The fraction of sp³-hybridized carbons (Fsp3) is 0.333. The molecule has 0 fully saturated rings. The van der Waals surface area contributed by atoms with E-state index in [0.29, 0.717) is 0 Å². The topological polar surface area (TPSA) is 59.0 Å². The molecule has 0 aliphatic carbocycles. The van der Waals surface area contributed by atoms with Gasteiger partial charge in [-0.15, -0.1) is 11.3 Å². The zero-order valence-electron chi connectivity index (χ0n) is 10.7. The number of aryl methyl sites for hydroxylation is 1. The van der Waals surface area contributed by atoms with Crippen LogP contribution in [0.25, 0.3) is 0 Å². The van der Waals surface area contributed by atoms with Crippen LogP contribution in [0.1, 0.15) is 9.75 Å². The van der Waals surface area contributed by atoms with E-state index in [1.165, 1.54) is 9.75 Å². The van der Waals surface area contributed by atoms with E-state index >= 15 is 0 Å². The highest BCUT2D eigenvalue weighted by molar-refractivity contribution is 9.10. The molecule has 0 aromatic carbocycles. The number of halogens is 1. The van der Waals surface area contributed by atoms with E-state index in [4.69, 9.17) is 0 Å². The summed E-state index contributed by atoms with van der Waals surface area (Å²) < 4.78 is 2.75. The summed E-state index contributed by atoms with van der Waals surface area (Å²) in [5.41, 5.74) is 0.908. The number of hydrogen-bond donors (Lipinski definition) is 2. The first-order chi connectivity index (χ1) is 9.08. The summed E-state index contributed by atoms with van der Waals surface area (Å²) in [5, 5.41) is 9.98. The average molecular weight is 343 g/mol. The lowest BCUT2D eigenvalue weighted by atomic mass is 10.4. The number of nitrogens with one attached hydrogen (secondary N) is 2. The minimum Gasteiger partial charge on any atom is -0.378 e.